The van der Waals surface area contributed by atoms with E-state index in [9.17, 15) is 9.59 Å². The van der Waals surface area contributed by atoms with Crippen molar-refractivity contribution in [2.45, 2.75) is 30.4 Å². The fourth-order valence-electron chi connectivity index (χ4n) is 2.89. The lowest BCUT2D eigenvalue weighted by atomic mass is 9.90. The molecule has 0 bridgehead atoms. The van der Waals surface area contributed by atoms with E-state index in [0.717, 1.165) is 0 Å². The van der Waals surface area contributed by atoms with Crippen LogP contribution in [0.25, 0.3) is 0 Å². The van der Waals surface area contributed by atoms with E-state index in [0.29, 0.717) is 32.4 Å². The van der Waals surface area contributed by atoms with Gasteiger partial charge in [0.1, 0.15) is 11.1 Å². The SMILES string of the molecule is COC(=O)C12CCC(=O)N1CC1(CO1)C2. The molecule has 82 valence electrons. The van der Waals surface area contributed by atoms with E-state index in [-0.39, 0.29) is 17.5 Å². The average molecular weight is 211 g/mol. The number of fused-ring (bicyclic) bond motifs is 1. The molecule has 1 amide bonds. The molecule has 3 fully saturated rings. The minimum atomic E-state index is -0.720. The maximum absolute atomic E-state index is 11.8. The van der Waals surface area contributed by atoms with Crippen molar-refractivity contribution < 1.29 is 19.1 Å². The standard InChI is InChI=1S/C10H13NO4/c1-14-8(13)10-3-2-7(12)11(10)5-9(4-10)6-15-9/h2-6H2,1H3. The molecule has 2 atom stereocenters. The van der Waals surface area contributed by atoms with Gasteiger partial charge in [-0.15, -0.1) is 0 Å². The van der Waals surface area contributed by atoms with Gasteiger partial charge in [-0.05, 0) is 6.42 Å². The van der Waals surface area contributed by atoms with Crippen LogP contribution in [-0.4, -0.2) is 48.2 Å². The lowest BCUT2D eigenvalue weighted by Gasteiger charge is -2.27. The van der Waals surface area contributed by atoms with Crippen LogP contribution in [0, 0.1) is 0 Å². The number of nitrogens with zero attached hydrogens (tertiary/aromatic N) is 1. The summed E-state index contributed by atoms with van der Waals surface area (Å²) in [6, 6.07) is 0. The van der Waals surface area contributed by atoms with Gasteiger partial charge in [-0.25, -0.2) is 4.79 Å². The van der Waals surface area contributed by atoms with Gasteiger partial charge in [0.2, 0.25) is 5.91 Å². The molecule has 3 aliphatic rings. The van der Waals surface area contributed by atoms with Gasteiger partial charge in [0.05, 0.1) is 20.3 Å². The second-order valence-electron chi connectivity index (χ2n) is 4.65. The van der Waals surface area contributed by atoms with Crippen molar-refractivity contribution in [2.75, 3.05) is 20.3 Å². The zero-order valence-electron chi connectivity index (χ0n) is 8.62. The number of hydrogen-bond acceptors (Lipinski definition) is 4. The van der Waals surface area contributed by atoms with Crippen LogP contribution in [0.1, 0.15) is 19.3 Å². The molecule has 5 nitrogen and oxygen atoms in total. The van der Waals surface area contributed by atoms with Crippen LogP contribution < -0.4 is 0 Å². The number of ether oxygens (including phenoxy) is 2. The van der Waals surface area contributed by atoms with Crippen LogP contribution in [0.2, 0.25) is 0 Å². The summed E-state index contributed by atoms with van der Waals surface area (Å²) in [6.07, 6.45) is 1.63. The van der Waals surface area contributed by atoms with Crippen molar-refractivity contribution in [3.05, 3.63) is 0 Å². The van der Waals surface area contributed by atoms with Crippen LogP contribution >= 0.6 is 0 Å². The summed E-state index contributed by atoms with van der Waals surface area (Å²) in [5, 5.41) is 0. The summed E-state index contributed by atoms with van der Waals surface area (Å²) >= 11 is 0. The Balaban J connectivity index is 1.97. The van der Waals surface area contributed by atoms with Gasteiger partial charge in [0, 0.05) is 12.8 Å². The van der Waals surface area contributed by atoms with E-state index in [1.807, 2.05) is 0 Å². The van der Waals surface area contributed by atoms with Crippen molar-refractivity contribution in [1.29, 1.82) is 0 Å². The summed E-state index contributed by atoms with van der Waals surface area (Å²) in [6.45, 7) is 1.22. The van der Waals surface area contributed by atoms with E-state index in [2.05, 4.69) is 0 Å². The van der Waals surface area contributed by atoms with Crippen molar-refractivity contribution >= 4 is 11.9 Å². The smallest absolute Gasteiger partial charge is 0.331 e. The number of rotatable bonds is 1. The molecule has 0 aromatic rings. The molecule has 15 heavy (non-hydrogen) atoms. The molecular formula is C10H13NO4. The third-order valence-electron chi connectivity index (χ3n) is 3.75. The summed E-state index contributed by atoms with van der Waals surface area (Å²) in [4.78, 5) is 25.1. The predicted molar refractivity (Wildman–Crippen MR) is 49.0 cm³/mol. The molecule has 3 saturated heterocycles. The van der Waals surface area contributed by atoms with Gasteiger partial charge in [0.25, 0.3) is 0 Å². The van der Waals surface area contributed by atoms with Crippen LogP contribution in [-0.2, 0) is 19.1 Å². The third-order valence-corrected chi connectivity index (χ3v) is 3.75. The summed E-state index contributed by atoms with van der Waals surface area (Å²) in [5.41, 5.74) is -0.952. The molecule has 0 aromatic heterocycles. The van der Waals surface area contributed by atoms with E-state index >= 15 is 0 Å². The first kappa shape index (κ1) is 9.15. The van der Waals surface area contributed by atoms with Crippen LogP contribution in [0.4, 0.5) is 0 Å². The van der Waals surface area contributed by atoms with Gasteiger partial charge < -0.3 is 14.4 Å². The third kappa shape index (κ3) is 1.01. The quantitative estimate of drug-likeness (QED) is 0.441. The van der Waals surface area contributed by atoms with Crippen molar-refractivity contribution in [2.24, 2.45) is 0 Å². The number of esters is 1. The molecule has 1 spiro atoms. The zero-order chi connectivity index (χ0) is 10.7. The average Bonchev–Trinajstić information content (AvgIpc) is 2.78. The maximum atomic E-state index is 11.8. The normalized spacial score (nSPS) is 42.2. The van der Waals surface area contributed by atoms with Gasteiger partial charge in [-0.2, -0.15) is 0 Å². The summed E-state index contributed by atoms with van der Waals surface area (Å²) in [7, 11) is 1.37. The van der Waals surface area contributed by atoms with Gasteiger partial charge >= 0.3 is 5.97 Å². The Morgan fingerprint density at radius 3 is 2.93 bits per heavy atom. The Hall–Kier alpha value is -1.10. The molecule has 3 aliphatic heterocycles. The number of carbonyl (C=O) groups is 2. The van der Waals surface area contributed by atoms with Crippen LogP contribution in [0.15, 0.2) is 0 Å². The van der Waals surface area contributed by atoms with Crippen LogP contribution in [0.3, 0.4) is 0 Å². The number of carbonyl (C=O) groups excluding carboxylic acids is 2. The Morgan fingerprint density at radius 1 is 1.60 bits per heavy atom. The molecule has 0 aliphatic carbocycles. The summed E-state index contributed by atoms with van der Waals surface area (Å²) in [5.74, 6) is -0.242. The fraction of sp³-hybridized carbons (Fsp3) is 0.800. The van der Waals surface area contributed by atoms with E-state index in [4.69, 9.17) is 9.47 Å². The van der Waals surface area contributed by atoms with Crippen molar-refractivity contribution in [3.8, 4) is 0 Å². The zero-order valence-corrected chi connectivity index (χ0v) is 8.62. The minimum absolute atomic E-state index is 0.0489. The van der Waals surface area contributed by atoms with Gasteiger partial charge in [-0.3, -0.25) is 4.79 Å². The number of amides is 1. The van der Waals surface area contributed by atoms with E-state index in [1.54, 1.807) is 4.90 Å². The number of epoxide rings is 1. The molecule has 0 N–H and O–H groups in total. The van der Waals surface area contributed by atoms with E-state index in [1.165, 1.54) is 7.11 Å². The molecule has 0 radical (unpaired) electrons. The predicted octanol–water partition coefficient (Wildman–Crippen LogP) is -0.307. The second kappa shape index (κ2) is 2.52. The molecule has 0 saturated carbocycles. The second-order valence-corrected chi connectivity index (χ2v) is 4.65. The first-order valence-electron chi connectivity index (χ1n) is 5.15. The highest BCUT2D eigenvalue weighted by molar-refractivity contribution is 5.93. The molecule has 0 aromatic carbocycles. The number of methoxy groups -OCH3 is 1. The van der Waals surface area contributed by atoms with Gasteiger partial charge in [0.15, 0.2) is 0 Å². The molecular weight excluding hydrogens is 198 g/mol. The minimum Gasteiger partial charge on any atom is -0.467 e. The Kier molecular flexibility index (Phi) is 1.54. The summed E-state index contributed by atoms with van der Waals surface area (Å²) < 4.78 is 10.2. The Bertz CT molecular complexity index is 349. The fourth-order valence-corrected chi connectivity index (χ4v) is 2.89. The lowest BCUT2D eigenvalue weighted by molar-refractivity contribution is -0.155. The topological polar surface area (TPSA) is 59.1 Å². The molecule has 2 unspecified atom stereocenters. The van der Waals surface area contributed by atoms with Crippen molar-refractivity contribution in [1.82, 2.24) is 4.90 Å². The highest BCUT2D eigenvalue weighted by Crippen LogP contribution is 2.51. The lowest BCUT2D eigenvalue weighted by Crippen LogP contribution is -2.47. The van der Waals surface area contributed by atoms with Crippen molar-refractivity contribution in [3.63, 3.8) is 0 Å². The van der Waals surface area contributed by atoms with Gasteiger partial charge in [-0.1, -0.05) is 0 Å². The largest absolute Gasteiger partial charge is 0.467 e. The van der Waals surface area contributed by atoms with Crippen LogP contribution in [0.5, 0.6) is 0 Å². The monoisotopic (exact) mass is 211 g/mol. The first-order valence-corrected chi connectivity index (χ1v) is 5.15. The van der Waals surface area contributed by atoms with E-state index < -0.39 is 5.54 Å². The highest BCUT2D eigenvalue weighted by atomic mass is 16.6. The molecule has 3 heterocycles. The number of hydrogen-bond donors (Lipinski definition) is 0. The molecule has 5 heteroatoms. The Labute approximate surface area is 87.3 Å². The Morgan fingerprint density at radius 2 is 2.33 bits per heavy atom. The maximum Gasteiger partial charge on any atom is 0.331 e. The first-order chi connectivity index (χ1) is 7.12. The highest BCUT2D eigenvalue weighted by Gasteiger charge is 2.67. The molecule has 3 rings (SSSR count).